The molecule has 172 valence electrons. The van der Waals surface area contributed by atoms with E-state index < -0.39 is 11.7 Å². The molecule has 0 radical (unpaired) electrons. The number of alkyl carbamates (subject to hydrolysis) is 1. The van der Waals surface area contributed by atoms with Crippen LogP contribution in [0.1, 0.15) is 50.0 Å². The van der Waals surface area contributed by atoms with Crippen LogP contribution in [0.5, 0.6) is 5.88 Å². The molecule has 1 aromatic heterocycles. The first-order valence-electron chi connectivity index (χ1n) is 10.9. The van der Waals surface area contributed by atoms with Gasteiger partial charge in [-0.25, -0.2) is 9.78 Å². The van der Waals surface area contributed by atoms with Crippen LogP contribution in [-0.2, 0) is 11.2 Å². The van der Waals surface area contributed by atoms with E-state index in [0.717, 1.165) is 18.7 Å². The Morgan fingerprint density at radius 2 is 1.91 bits per heavy atom. The zero-order valence-electron chi connectivity index (χ0n) is 19.1. The number of aromatic nitrogens is 2. The molecule has 0 atom stereocenters. The zero-order chi connectivity index (χ0) is 23.1. The summed E-state index contributed by atoms with van der Waals surface area (Å²) in [6.07, 6.45) is 2.50. The molecule has 9 nitrogen and oxygen atoms in total. The average Bonchev–Trinajstić information content (AvgIpc) is 3.16. The van der Waals surface area contributed by atoms with Gasteiger partial charge < -0.3 is 25.0 Å². The number of hydrogen-bond acceptors (Lipinski definition) is 7. The third-order valence-corrected chi connectivity index (χ3v) is 4.70. The molecule has 2 N–H and O–H groups in total. The Balaban J connectivity index is 1.58. The van der Waals surface area contributed by atoms with E-state index in [9.17, 15) is 9.59 Å². The van der Waals surface area contributed by atoms with Crippen LogP contribution in [0, 0.1) is 0 Å². The van der Waals surface area contributed by atoms with Crippen molar-refractivity contribution in [2.24, 2.45) is 0 Å². The lowest BCUT2D eigenvalue weighted by atomic mass is 10.2. The minimum Gasteiger partial charge on any atom is -0.477 e. The second kappa shape index (κ2) is 10.3. The van der Waals surface area contributed by atoms with Crippen molar-refractivity contribution in [1.82, 2.24) is 20.6 Å². The summed E-state index contributed by atoms with van der Waals surface area (Å²) in [5.74, 6) is 0.446. The summed E-state index contributed by atoms with van der Waals surface area (Å²) in [5.41, 5.74) is 2.06. The molecule has 2 amide bonds. The van der Waals surface area contributed by atoms with Crippen LogP contribution in [0.15, 0.2) is 30.5 Å². The van der Waals surface area contributed by atoms with E-state index in [1.807, 2.05) is 30.0 Å². The van der Waals surface area contributed by atoms with E-state index in [1.54, 1.807) is 20.8 Å². The van der Waals surface area contributed by atoms with E-state index in [-0.39, 0.29) is 17.4 Å². The quantitative estimate of drug-likeness (QED) is 0.606. The molecule has 0 unspecified atom stereocenters. The molecule has 3 rings (SSSR count). The van der Waals surface area contributed by atoms with Gasteiger partial charge in [-0.15, -0.1) is 0 Å². The summed E-state index contributed by atoms with van der Waals surface area (Å²) in [6, 6.07) is 8.14. The van der Waals surface area contributed by atoms with Crippen molar-refractivity contribution in [3.8, 4) is 5.88 Å². The monoisotopic (exact) mass is 441 g/mol. The van der Waals surface area contributed by atoms with Crippen molar-refractivity contribution in [1.29, 1.82) is 0 Å². The van der Waals surface area contributed by atoms with Gasteiger partial charge in [-0.3, -0.25) is 4.79 Å². The molecule has 1 aromatic carbocycles. The molecule has 0 fully saturated rings. The summed E-state index contributed by atoms with van der Waals surface area (Å²) in [6.45, 7) is 9.18. The Kier molecular flexibility index (Phi) is 7.50. The van der Waals surface area contributed by atoms with Gasteiger partial charge in [0.15, 0.2) is 0 Å². The lowest BCUT2D eigenvalue weighted by molar-refractivity contribution is 0.0527. The number of ether oxygens (including phenoxy) is 2. The second-order valence-corrected chi connectivity index (χ2v) is 8.39. The maximum absolute atomic E-state index is 12.7. The van der Waals surface area contributed by atoms with Gasteiger partial charge in [0.1, 0.15) is 11.2 Å². The topological polar surface area (TPSA) is 106 Å². The standard InChI is InChI=1S/C23H31N5O4/c1-5-31-20-17(19(29)24-12-8-13-25-22(30)32-23(2,3)4)15-26-21(27-20)28-14-11-16-9-6-7-10-18(16)28/h6-7,9-10,15H,5,8,11-14H2,1-4H3,(H,24,29)(H,25,30). The van der Waals surface area contributed by atoms with Gasteiger partial charge in [0.05, 0.1) is 6.61 Å². The number of benzene rings is 1. The number of nitrogens with one attached hydrogen (secondary N) is 2. The first-order valence-corrected chi connectivity index (χ1v) is 10.9. The number of nitrogens with zero attached hydrogens (tertiary/aromatic N) is 3. The summed E-state index contributed by atoms with van der Waals surface area (Å²) < 4.78 is 10.8. The van der Waals surface area contributed by atoms with Crippen molar-refractivity contribution in [3.63, 3.8) is 0 Å². The van der Waals surface area contributed by atoms with Gasteiger partial charge in [-0.1, -0.05) is 18.2 Å². The first-order chi connectivity index (χ1) is 15.3. The Morgan fingerprint density at radius 1 is 1.16 bits per heavy atom. The van der Waals surface area contributed by atoms with Crippen LogP contribution in [0.25, 0.3) is 0 Å². The van der Waals surface area contributed by atoms with E-state index in [1.165, 1.54) is 11.8 Å². The molecule has 2 aromatic rings. The van der Waals surface area contributed by atoms with Crippen molar-refractivity contribution < 1.29 is 19.1 Å². The lowest BCUT2D eigenvalue weighted by Crippen LogP contribution is -2.34. The van der Waals surface area contributed by atoms with Crippen LogP contribution in [0.3, 0.4) is 0 Å². The molecule has 0 spiro atoms. The highest BCUT2D eigenvalue weighted by Crippen LogP contribution is 2.33. The molecular formula is C23H31N5O4. The third kappa shape index (κ3) is 6.09. The van der Waals surface area contributed by atoms with Gasteiger partial charge in [-0.2, -0.15) is 4.98 Å². The largest absolute Gasteiger partial charge is 0.477 e. The van der Waals surface area contributed by atoms with Crippen molar-refractivity contribution in [2.75, 3.05) is 31.1 Å². The van der Waals surface area contributed by atoms with E-state index in [4.69, 9.17) is 9.47 Å². The van der Waals surface area contributed by atoms with Crippen LogP contribution >= 0.6 is 0 Å². The second-order valence-electron chi connectivity index (χ2n) is 8.39. The minimum atomic E-state index is -0.544. The number of carbonyl (C=O) groups is 2. The van der Waals surface area contributed by atoms with Gasteiger partial charge >= 0.3 is 6.09 Å². The molecule has 1 aliphatic rings. The van der Waals surface area contributed by atoms with Crippen LogP contribution < -0.4 is 20.3 Å². The number of anilines is 2. The fraction of sp³-hybridized carbons (Fsp3) is 0.478. The van der Waals surface area contributed by atoms with Crippen molar-refractivity contribution in [2.45, 2.75) is 46.1 Å². The SMILES string of the molecule is CCOc1nc(N2CCc3ccccc32)ncc1C(=O)NCCCNC(=O)OC(C)(C)C. The van der Waals surface area contributed by atoms with Crippen LogP contribution in [0.2, 0.25) is 0 Å². The average molecular weight is 442 g/mol. The summed E-state index contributed by atoms with van der Waals surface area (Å²) in [4.78, 5) is 35.3. The molecule has 0 bridgehead atoms. The third-order valence-electron chi connectivity index (χ3n) is 4.70. The molecule has 9 heteroatoms. The van der Waals surface area contributed by atoms with E-state index >= 15 is 0 Å². The molecule has 32 heavy (non-hydrogen) atoms. The Hall–Kier alpha value is -3.36. The number of carbonyl (C=O) groups excluding carboxylic acids is 2. The van der Waals surface area contributed by atoms with Gasteiger partial charge in [-0.05, 0) is 52.2 Å². The molecule has 2 heterocycles. The van der Waals surface area contributed by atoms with Crippen molar-refractivity contribution >= 4 is 23.6 Å². The summed E-state index contributed by atoms with van der Waals surface area (Å²) in [7, 11) is 0. The maximum atomic E-state index is 12.7. The van der Waals surface area contributed by atoms with Gasteiger partial charge in [0.25, 0.3) is 5.91 Å². The Bertz CT molecular complexity index is 958. The van der Waals surface area contributed by atoms with Gasteiger partial charge in [0, 0.05) is 31.5 Å². The summed E-state index contributed by atoms with van der Waals surface area (Å²) in [5, 5.41) is 5.48. The highest BCUT2D eigenvalue weighted by atomic mass is 16.6. The number of rotatable bonds is 8. The van der Waals surface area contributed by atoms with Crippen molar-refractivity contribution in [3.05, 3.63) is 41.6 Å². The smallest absolute Gasteiger partial charge is 0.407 e. The Labute approximate surface area is 188 Å². The number of para-hydroxylation sites is 1. The number of hydrogen-bond donors (Lipinski definition) is 2. The highest BCUT2D eigenvalue weighted by Gasteiger charge is 2.24. The summed E-state index contributed by atoms with van der Waals surface area (Å²) >= 11 is 0. The lowest BCUT2D eigenvalue weighted by Gasteiger charge is -2.19. The fourth-order valence-electron chi connectivity index (χ4n) is 3.33. The molecule has 0 saturated carbocycles. The molecular weight excluding hydrogens is 410 g/mol. The van der Waals surface area contributed by atoms with Crippen LogP contribution in [-0.4, -0.2) is 53.8 Å². The van der Waals surface area contributed by atoms with E-state index in [2.05, 4.69) is 26.7 Å². The zero-order valence-corrected chi connectivity index (χ0v) is 19.1. The number of amides is 2. The first kappa shape index (κ1) is 23.3. The number of fused-ring (bicyclic) bond motifs is 1. The minimum absolute atomic E-state index is 0.256. The van der Waals surface area contributed by atoms with Gasteiger partial charge in [0.2, 0.25) is 11.8 Å². The van der Waals surface area contributed by atoms with Crippen LogP contribution in [0.4, 0.5) is 16.4 Å². The molecule has 1 aliphatic heterocycles. The normalized spacial score (nSPS) is 12.8. The highest BCUT2D eigenvalue weighted by molar-refractivity contribution is 5.96. The predicted octanol–water partition coefficient (Wildman–Crippen LogP) is 3.21. The Morgan fingerprint density at radius 3 is 2.66 bits per heavy atom. The fourth-order valence-corrected chi connectivity index (χ4v) is 3.33. The molecule has 0 aliphatic carbocycles. The van der Waals surface area contributed by atoms with E-state index in [0.29, 0.717) is 32.1 Å². The predicted molar refractivity (Wildman–Crippen MR) is 122 cm³/mol. The molecule has 0 saturated heterocycles. The maximum Gasteiger partial charge on any atom is 0.407 e.